The van der Waals surface area contributed by atoms with Crippen LogP contribution < -0.4 is 15.6 Å². The zero-order valence-electron chi connectivity index (χ0n) is 18.0. The molecule has 0 amide bonds. The first-order valence-corrected chi connectivity index (χ1v) is 10.6. The van der Waals surface area contributed by atoms with Crippen molar-refractivity contribution in [3.63, 3.8) is 0 Å². The molecular formula is C25H24N4O2S. The number of hydrogen-bond acceptors (Lipinski definition) is 4. The third-order valence-corrected chi connectivity index (χ3v) is 5.53. The average Bonchev–Trinajstić information content (AvgIpc) is 2.80. The lowest BCUT2D eigenvalue weighted by atomic mass is 10.1. The molecule has 162 valence electrons. The second-order valence-electron chi connectivity index (χ2n) is 7.56. The van der Waals surface area contributed by atoms with Gasteiger partial charge in [-0.2, -0.15) is 0 Å². The first kappa shape index (κ1) is 21.5. The minimum absolute atomic E-state index is 0.127. The van der Waals surface area contributed by atoms with Crippen molar-refractivity contribution in [1.29, 1.82) is 0 Å². The quantitative estimate of drug-likeness (QED) is 0.422. The van der Waals surface area contributed by atoms with Gasteiger partial charge in [0.2, 0.25) is 0 Å². The number of fused-ring (bicyclic) bond motifs is 1. The lowest BCUT2D eigenvalue weighted by Gasteiger charge is -2.26. The van der Waals surface area contributed by atoms with Crippen molar-refractivity contribution in [3.8, 4) is 5.75 Å². The van der Waals surface area contributed by atoms with E-state index in [9.17, 15) is 4.79 Å². The van der Waals surface area contributed by atoms with Gasteiger partial charge in [0, 0.05) is 30.0 Å². The Hall–Kier alpha value is -3.71. The molecule has 0 spiro atoms. The molecule has 0 unspecified atom stereocenters. The zero-order chi connectivity index (χ0) is 22.5. The number of aromatic nitrogens is 2. The topological polar surface area (TPSA) is 70.2 Å². The Bertz CT molecular complexity index is 1300. The molecule has 0 fully saturated rings. The number of nitrogens with one attached hydrogen (secondary N) is 2. The highest BCUT2D eigenvalue weighted by atomic mass is 32.1. The third kappa shape index (κ3) is 4.95. The highest BCUT2D eigenvalue weighted by Crippen LogP contribution is 2.24. The molecule has 6 nitrogen and oxygen atoms in total. The number of hydrogen-bond donors (Lipinski definition) is 2. The number of ether oxygens (including phenoxy) is 1. The highest BCUT2D eigenvalue weighted by molar-refractivity contribution is 7.80. The van der Waals surface area contributed by atoms with Crippen LogP contribution in [0.5, 0.6) is 5.75 Å². The largest absolute Gasteiger partial charge is 0.495 e. The molecule has 0 aliphatic carbocycles. The summed E-state index contributed by atoms with van der Waals surface area (Å²) in [4.78, 5) is 21.9. The number of H-pyrrole nitrogens is 1. The van der Waals surface area contributed by atoms with Gasteiger partial charge in [-0.3, -0.25) is 9.78 Å². The van der Waals surface area contributed by atoms with E-state index in [4.69, 9.17) is 17.0 Å². The summed E-state index contributed by atoms with van der Waals surface area (Å²) < 4.78 is 5.44. The summed E-state index contributed by atoms with van der Waals surface area (Å²) >= 11 is 5.75. The van der Waals surface area contributed by atoms with Crippen LogP contribution in [0.25, 0.3) is 10.9 Å². The number of aryl methyl sites for hydroxylation is 1. The van der Waals surface area contributed by atoms with E-state index in [2.05, 4.69) is 21.4 Å². The number of thiocarbonyl (C=S) groups is 1. The molecule has 2 N–H and O–H groups in total. The second-order valence-corrected chi connectivity index (χ2v) is 7.95. The number of methoxy groups -OCH3 is 1. The molecule has 0 bridgehead atoms. The minimum Gasteiger partial charge on any atom is -0.495 e. The number of anilines is 1. The Labute approximate surface area is 191 Å². The van der Waals surface area contributed by atoms with Gasteiger partial charge in [0.1, 0.15) is 5.75 Å². The monoisotopic (exact) mass is 444 g/mol. The van der Waals surface area contributed by atoms with Crippen molar-refractivity contribution in [1.82, 2.24) is 14.9 Å². The molecular weight excluding hydrogens is 420 g/mol. The maximum Gasteiger partial charge on any atom is 0.253 e. The normalized spacial score (nSPS) is 10.7. The van der Waals surface area contributed by atoms with Gasteiger partial charge < -0.3 is 19.9 Å². The van der Waals surface area contributed by atoms with Crippen LogP contribution >= 0.6 is 12.2 Å². The van der Waals surface area contributed by atoms with Crippen LogP contribution in [0.1, 0.15) is 16.7 Å². The SMILES string of the molecule is COc1ccccc1NC(=S)N(Cc1cccnc1)Cc1cc2cc(C)ccc2[nH]c1=O. The Kier molecular flexibility index (Phi) is 6.47. The van der Waals surface area contributed by atoms with Gasteiger partial charge >= 0.3 is 0 Å². The van der Waals surface area contributed by atoms with Gasteiger partial charge in [-0.25, -0.2) is 0 Å². The molecule has 0 radical (unpaired) electrons. The Morgan fingerprint density at radius 3 is 2.75 bits per heavy atom. The molecule has 2 aromatic carbocycles. The first-order valence-electron chi connectivity index (χ1n) is 10.2. The predicted octanol–water partition coefficient (Wildman–Crippen LogP) is 4.64. The fraction of sp³-hybridized carbons (Fsp3) is 0.160. The molecule has 0 saturated carbocycles. The lowest BCUT2D eigenvalue weighted by molar-refractivity contribution is 0.407. The second kappa shape index (κ2) is 9.62. The highest BCUT2D eigenvalue weighted by Gasteiger charge is 2.16. The molecule has 32 heavy (non-hydrogen) atoms. The maximum atomic E-state index is 12.8. The van der Waals surface area contributed by atoms with E-state index in [1.54, 1.807) is 19.5 Å². The summed E-state index contributed by atoms with van der Waals surface area (Å²) in [6, 6.07) is 19.4. The number of benzene rings is 2. The standard InChI is InChI=1S/C25H24N4O2S/c1-17-9-10-21-19(12-17)13-20(24(30)27-21)16-29(15-18-6-5-11-26-14-18)25(32)28-22-7-3-4-8-23(22)31-2/h3-14H,15-16H2,1-2H3,(H,27,30)(H,28,32). The fourth-order valence-corrected chi connectivity index (χ4v) is 3.79. The molecule has 2 aromatic heterocycles. The number of para-hydroxylation sites is 2. The summed E-state index contributed by atoms with van der Waals surface area (Å²) in [5.41, 5.74) is 4.21. The van der Waals surface area contributed by atoms with Crippen LogP contribution in [0.2, 0.25) is 0 Å². The van der Waals surface area contributed by atoms with Gasteiger partial charge in [-0.15, -0.1) is 0 Å². The van der Waals surface area contributed by atoms with Gasteiger partial charge in [-0.05, 0) is 66.5 Å². The van der Waals surface area contributed by atoms with Crippen molar-refractivity contribution < 1.29 is 4.74 Å². The van der Waals surface area contributed by atoms with Crippen LogP contribution in [-0.2, 0) is 13.1 Å². The predicted molar refractivity (Wildman–Crippen MR) is 132 cm³/mol. The summed E-state index contributed by atoms with van der Waals surface area (Å²) in [6.45, 7) is 2.88. The van der Waals surface area contributed by atoms with Crippen LogP contribution in [0.3, 0.4) is 0 Å². The maximum absolute atomic E-state index is 12.8. The van der Waals surface area contributed by atoms with Crippen molar-refractivity contribution in [2.75, 3.05) is 12.4 Å². The fourth-order valence-electron chi connectivity index (χ4n) is 3.55. The Morgan fingerprint density at radius 2 is 1.97 bits per heavy atom. The van der Waals surface area contributed by atoms with Crippen LogP contribution in [0.4, 0.5) is 5.69 Å². The van der Waals surface area contributed by atoms with E-state index >= 15 is 0 Å². The van der Waals surface area contributed by atoms with Gasteiger partial charge in [0.25, 0.3) is 5.56 Å². The molecule has 0 saturated heterocycles. The van der Waals surface area contributed by atoms with Crippen molar-refractivity contribution in [3.05, 3.63) is 100 Å². The molecule has 4 rings (SSSR count). The molecule has 0 aliphatic rings. The van der Waals surface area contributed by atoms with Crippen molar-refractivity contribution in [2.24, 2.45) is 0 Å². The minimum atomic E-state index is -0.127. The van der Waals surface area contributed by atoms with E-state index in [0.717, 1.165) is 27.7 Å². The van der Waals surface area contributed by atoms with E-state index in [1.807, 2.05) is 66.4 Å². The Morgan fingerprint density at radius 1 is 1.12 bits per heavy atom. The van der Waals surface area contributed by atoms with E-state index in [-0.39, 0.29) is 5.56 Å². The van der Waals surface area contributed by atoms with E-state index in [0.29, 0.717) is 29.5 Å². The lowest BCUT2D eigenvalue weighted by Crippen LogP contribution is -2.35. The molecule has 2 heterocycles. The van der Waals surface area contributed by atoms with Crippen molar-refractivity contribution in [2.45, 2.75) is 20.0 Å². The zero-order valence-corrected chi connectivity index (χ0v) is 18.8. The number of aromatic amines is 1. The van der Waals surface area contributed by atoms with Gasteiger partial charge in [0.05, 0.1) is 19.3 Å². The van der Waals surface area contributed by atoms with Gasteiger partial charge in [0.15, 0.2) is 5.11 Å². The van der Waals surface area contributed by atoms with Crippen LogP contribution in [0.15, 0.2) is 77.9 Å². The molecule has 0 atom stereocenters. The summed E-state index contributed by atoms with van der Waals surface area (Å²) in [6.07, 6.45) is 3.53. The van der Waals surface area contributed by atoms with Crippen LogP contribution in [-0.4, -0.2) is 27.1 Å². The van der Waals surface area contributed by atoms with E-state index in [1.165, 1.54) is 0 Å². The Balaban J connectivity index is 1.66. The van der Waals surface area contributed by atoms with E-state index < -0.39 is 0 Å². The molecule has 4 aromatic rings. The summed E-state index contributed by atoms with van der Waals surface area (Å²) in [5, 5.41) is 4.75. The smallest absolute Gasteiger partial charge is 0.253 e. The van der Waals surface area contributed by atoms with Gasteiger partial charge in [-0.1, -0.05) is 29.8 Å². The first-order chi connectivity index (χ1) is 15.5. The summed E-state index contributed by atoms with van der Waals surface area (Å²) in [7, 11) is 1.62. The third-order valence-electron chi connectivity index (χ3n) is 5.17. The number of pyridine rings is 2. The van der Waals surface area contributed by atoms with Crippen molar-refractivity contribution >= 4 is 33.9 Å². The number of nitrogens with zero attached hydrogens (tertiary/aromatic N) is 2. The summed E-state index contributed by atoms with van der Waals surface area (Å²) in [5.74, 6) is 0.690. The average molecular weight is 445 g/mol. The number of rotatable bonds is 6. The molecule has 0 aliphatic heterocycles. The molecule has 7 heteroatoms. The van der Waals surface area contributed by atoms with Crippen LogP contribution in [0, 0.1) is 6.92 Å².